The molecule has 5 nitrogen and oxygen atoms in total. The highest BCUT2D eigenvalue weighted by Gasteiger charge is 2.15. The van der Waals surface area contributed by atoms with Gasteiger partial charge in [0.15, 0.2) is 11.5 Å². The molecule has 2 rings (SSSR count). The molecule has 0 aliphatic carbocycles. The van der Waals surface area contributed by atoms with E-state index < -0.39 is 4.92 Å². The first kappa shape index (κ1) is 12.5. The van der Waals surface area contributed by atoms with E-state index in [1.165, 1.54) is 13.0 Å². The highest BCUT2D eigenvalue weighted by molar-refractivity contribution is 9.10. The number of furan rings is 1. The van der Waals surface area contributed by atoms with Crippen molar-refractivity contribution in [3.8, 4) is 11.3 Å². The van der Waals surface area contributed by atoms with Crippen LogP contribution in [0, 0.1) is 10.1 Å². The van der Waals surface area contributed by atoms with Crippen LogP contribution in [-0.2, 0) is 0 Å². The number of benzene rings is 1. The molecule has 0 radical (unpaired) electrons. The van der Waals surface area contributed by atoms with E-state index in [0.717, 1.165) is 0 Å². The summed E-state index contributed by atoms with van der Waals surface area (Å²) < 4.78 is 5.72. The van der Waals surface area contributed by atoms with Crippen molar-refractivity contribution in [3.63, 3.8) is 0 Å². The Kier molecular flexibility index (Phi) is 3.29. The summed E-state index contributed by atoms with van der Waals surface area (Å²) in [5, 5.41) is 10.8. The quantitative estimate of drug-likeness (QED) is 0.491. The minimum Gasteiger partial charge on any atom is -0.453 e. The number of nitro groups is 1. The average molecular weight is 310 g/mol. The Morgan fingerprint density at radius 2 is 2.06 bits per heavy atom. The van der Waals surface area contributed by atoms with Crippen molar-refractivity contribution in [2.24, 2.45) is 0 Å². The zero-order valence-electron chi connectivity index (χ0n) is 9.34. The predicted molar refractivity (Wildman–Crippen MR) is 68.5 cm³/mol. The monoisotopic (exact) mass is 309 g/mol. The molecular formula is C12H8BrNO4. The van der Waals surface area contributed by atoms with Crippen LogP contribution in [0.15, 0.2) is 39.2 Å². The van der Waals surface area contributed by atoms with E-state index in [4.69, 9.17) is 4.42 Å². The van der Waals surface area contributed by atoms with Crippen molar-refractivity contribution in [1.29, 1.82) is 0 Å². The summed E-state index contributed by atoms with van der Waals surface area (Å²) in [6, 6.07) is 7.81. The van der Waals surface area contributed by atoms with E-state index in [9.17, 15) is 14.9 Å². The number of Topliss-reactive ketones (excluding diaryl/α,β-unsaturated/α-hetero) is 1. The van der Waals surface area contributed by atoms with E-state index in [0.29, 0.717) is 15.8 Å². The summed E-state index contributed by atoms with van der Waals surface area (Å²) in [4.78, 5) is 21.4. The van der Waals surface area contributed by atoms with Gasteiger partial charge in [0.05, 0.1) is 9.40 Å². The third-order valence-corrected chi connectivity index (χ3v) is 3.05. The van der Waals surface area contributed by atoms with Crippen molar-refractivity contribution in [1.82, 2.24) is 0 Å². The molecule has 0 bridgehead atoms. The number of carbonyl (C=O) groups is 1. The lowest BCUT2D eigenvalue weighted by atomic mass is 10.1. The molecule has 18 heavy (non-hydrogen) atoms. The van der Waals surface area contributed by atoms with Gasteiger partial charge in [0.25, 0.3) is 5.69 Å². The number of halogens is 1. The van der Waals surface area contributed by atoms with E-state index >= 15 is 0 Å². The van der Waals surface area contributed by atoms with Crippen LogP contribution in [0.1, 0.15) is 17.5 Å². The maximum Gasteiger partial charge on any atom is 0.284 e. The van der Waals surface area contributed by atoms with Gasteiger partial charge in [-0.25, -0.2) is 0 Å². The molecule has 0 saturated carbocycles. The molecule has 92 valence electrons. The normalized spacial score (nSPS) is 10.3. The second kappa shape index (κ2) is 4.73. The number of carbonyl (C=O) groups excluding carboxylic acids is 1. The van der Waals surface area contributed by atoms with E-state index in [1.54, 1.807) is 24.3 Å². The third kappa shape index (κ3) is 2.33. The second-order valence-electron chi connectivity index (χ2n) is 3.64. The molecule has 1 heterocycles. The largest absolute Gasteiger partial charge is 0.453 e. The van der Waals surface area contributed by atoms with Crippen LogP contribution in [-0.4, -0.2) is 10.7 Å². The molecule has 0 N–H and O–H groups in total. The van der Waals surface area contributed by atoms with Crippen molar-refractivity contribution in [3.05, 3.63) is 50.7 Å². The summed E-state index contributed by atoms with van der Waals surface area (Å²) >= 11 is 3.11. The van der Waals surface area contributed by atoms with Gasteiger partial charge in [-0.15, -0.1) is 0 Å². The van der Waals surface area contributed by atoms with Crippen LogP contribution >= 0.6 is 15.9 Å². The first-order valence-corrected chi connectivity index (χ1v) is 5.83. The Bertz CT molecular complexity index is 633. The SMILES string of the molecule is CC(=O)c1ccc(-c2ccc(Br)c([N+](=O)[O-])c2)o1. The maximum absolute atomic E-state index is 11.1. The van der Waals surface area contributed by atoms with Gasteiger partial charge in [0.2, 0.25) is 0 Å². The summed E-state index contributed by atoms with van der Waals surface area (Å²) in [5.74, 6) is 0.472. The Hall–Kier alpha value is -1.95. The number of hydrogen-bond acceptors (Lipinski definition) is 4. The molecule has 0 unspecified atom stereocenters. The summed E-state index contributed by atoms with van der Waals surface area (Å²) in [6.07, 6.45) is 0. The van der Waals surface area contributed by atoms with Gasteiger partial charge in [-0.3, -0.25) is 14.9 Å². The Balaban J connectivity index is 2.47. The standard InChI is InChI=1S/C12H8BrNO4/c1-7(15)11-4-5-12(18-11)8-2-3-9(13)10(6-8)14(16)17/h2-6H,1H3. The number of rotatable bonds is 3. The van der Waals surface area contributed by atoms with E-state index in [-0.39, 0.29) is 17.2 Å². The van der Waals surface area contributed by atoms with Crippen LogP contribution in [0.2, 0.25) is 0 Å². The van der Waals surface area contributed by atoms with Crippen LogP contribution < -0.4 is 0 Å². The molecule has 1 aromatic heterocycles. The number of ketones is 1. The topological polar surface area (TPSA) is 73.3 Å². The molecule has 0 spiro atoms. The van der Waals surface area contributed by atoms with Crippen LogP contribution in [0.3, 0.4) is 0 Å². The van der Waals surface area contributed by atoms with Crippen molar-refractivity contribution >= 4 is 27.4 Å². The van der Waals surface area contributed by atoms with Gasteiger partial charge in [-0.1, -0.05) is 0 Å². The van der Waals surface area contributed by atoms with Crippen LogP contribution in [0.25, 0.3) is 11.3 Å². The second-order valence-corrected chi connectivity index (χ2v) is 4.50. The third-order valence-electron chi connectivity index (χ3n) is 2.38. The summed E-state index contributed by atoms with van der Waals surface area (Å²) in [6.45, 7) is 1.40. The van der Waals surface area contributed by atoms with Crippen molar-refractivity contribution in [2.75, 3.05) is 0 Å². The smallest absolute Gasteiger partial charge is 0.284 e. The molecule has 0 amide bonds. The molecule has 1 aromatic carbocycles. The first-order chi connectivity index (χ1) is 8.49. The zero-order valence-corrected chi connectivity index (χ0v) is 10.9. The van der Waals surface area contributed by atoms with Gasteiger partial charge in [0.1, 0.15) is 5.76 Å². The molecule has 0 atom stereocenters. The highest BCUT2D eigenvalue weighted by Crippen LogP contribution is 2.31. The molecule has 0 fully saturated rings. The predicted octanol–water partition coefficient (Wildman–Crippen LogP) is 3.82. The summed E-state index contributed by atoms with van der Waals surface area (Å²) in [7, 11) is 0. The molecule has 0 aliphatic rings. The molecule has 0 saturated heterocycles. The van der Waals surface area contributed by atoms with Crippen LogP contribution in [0.4, 0.5) is 5.69 Å². The van der Waals surface area contributed by atoms with Crippen molar-refractivity contribution in [2.45, 2.75) is 6.92 Å². The lowest BCUT2D eigenvalue weighted by Gasteiger charge is -1.99. The number of nitro benzene ring substituents is 1. The van der Waals surface area contributed by atoms with Gasteiger partial charge in [0, 0.05) is 18.6 Å². The lowest BCUT2D eigenvalue weighted by molar-refractivity contribution is -0.385. The molecule has 2 aromatic rings. The molecular weight excluding hydrogens is 302 g/mol. The summed E-state index contributed by atoms with van der Waals surface area (Å²) in [5.41, 5.74) is 0.505. The number of nitrogens with zero attached hydrogens (tertiary/aromatic N) is 1. The first-order valence-electron chi connectivity index (χ1n) is 5.04. The molecule has 6 heteroatoms. The Labute approximate surface area is 111 Å². The van der Waals surface area contributed by atoms with Gasteiger partial charge in [-0.2, -0.15) is 0 Å². The highest BCUT2D eigenvalue weighted by atomic mass is 79.9. The van der Waals surface area contributed by atoms with Crippen LogP contribution in [0.5, 0.6) is 0 Å². The van der Waals surface area contributed by atoms with Gasteiger partial charge < -0.3 is 4.42 Å². The fraction of sp³-hybridized carbons (Fsp3) is 0.0833. The minimum absolute atomic E-state index is 0.0479. The van der Waals surface area contributed by atoms with Crippen molar-refractivity contribution < 1.29 is 14.1 Å². The number of hydrogen-bond donors (Lipinski definition) is 0. The fourth-order valence-electron chi connectivity index (χ4n) is 1.49. The average Bonchev–Trinajstić information content (AvgIpc) is 2.78. The fourth-order valence-corrected chi connectivity index (χ4v) is 1.88. The van der Waals surface area contributed by atoms with Gasteiger partial charge in [-0.05, 0) is 40.2 Å². The zero-order chi connectivity index (χ0) is 13.3. The van der Waals surface area contributed by atoms with E-state index in [1.807, 2.05) is 0 Å². The molecule has 0 aliphatic heterocycles. The van der Waals surface area contributed by atoms with Gasteiger partial charge >= 0.3 is 0 Å². The lowest BCUT2D eigenvalue weighted by Crippen LogP contribution is -1.90. The maximum atomic E-state index is 11.1. The Morgan fingerprint density at radius 1 is 1.33 bits per heavy atom. The van der Waals surface area contributed by atoms with E-state index in [2.05, 4.69) is 15.9 Å². The Morgan fingerprint density at radius 3 is 2.61 bits per heavy atom. The minimum atomic E-state index is -0.484.